The average Bonchev–Trinajstić information content (AvgIpc) is 2.55. The van der Waals surface area contributed by atoms with Crippen LogP contribution in [-0.4, -0.2) is 18.1 Å². The molecule has 0 bridgehead atoms. The van der Waals surface area contributed by atoms with Crippen LogP contribution in [0.2, 0.25) is 0 Å². The summed E-state index contributed by atoms with van der Waals surface area (Å²) < 4.78 is 0. The fraction of sp³-hybridized carbons (Fsp3) is 0.545. The fourth-order valence-electron chi connectivity index (χ4n) is 1.31. The standard InChI is InChI=1S/C11H18N2OS2/c1-5-6(2)13-11-10(15-4)8(12)9(16-11)7(3)14/h6,13H,5,12H2,1-4H3. The van der Waals surface area contributed by atoms with Crippen LogP contribution in [0.25, 0.3) is 0 Å². The first-order valence-electron chi connectivity index (χ1n) is 5.24. The van der Waals surface area contributed by atoms with Crippen molar-refractivity contribution in [2.24, 2.45) is 0 Å². The van der Waals surface area contributed by atoms with Gasteiger partial charge in [-0.2, -0.15) is 0 Å². The van der Waals surface area contributed by atoms with E-state index in [-0.39, 0.29) is 5.78 Å². The monoisotopic (exact) mass is 258 g/mol. The van der Waals surface area contributed by atoms with E-state index in [2.05, 4.69) is 19.2 Å². The second-order valence-corrected chi connectivity index (χ2v) is 5.55. The number of carbonyl (C=O) groups excluding carboxylic acids is 1. The zero-order valence-electron chi connectivity index (χ0n) is 10.1. The molecule has 0 fully saturated rings. The van der Waals surface area contributed by atoms with E-state index in [0.29, 0.717) is 16.6 Å². The Morgan fingerprint density at radius 3 is 2.69 bits per heavy atom. The maximum atomic E-state index is 11.4. The molecular weight excluding hydrogens is 240 g/mol. The van der Waals surface area contributed by atoms with Gasteiger partial charge < -0.3 is 11.1 Å². The number of thioether (sulfide) groups is 1. The highest BCUT2D eigenvalue weighted by molar-refractivity contribution is 7.99. The van der Waals surface area contributed by atoms with Gasteiger partial charge in [0.15, 0.2) is 5.78 Å². The molecule has 1 unspecified atom stereocenters. The van der Waals surface area contributed by atoms with Gasteiger partial charge in [-0.3, -0.25) is 4.79 Å². The molecule has 0 radical (unpaired) electrons. The van der Waals surface area contributed by atoms with E-state index in [0.717, 1.165) is 16.3 Å². The summed E-state index contributed by atoms with van der Waals surface area (Å²) >= 11 is 3.04. The van der Waals surface area contributed by atoms with Crippen molar-refractivity contribution in [1.82, 2.24) is 0 Å². The lowest BCUT2D eigenvalue weighted by molar-refractivity contribution is 0.102. The lowest BCUT2D eigenvalue weighted by Crippen LogP contribution is -2.12. The Hall–Kier alpha value is -0.680. The van der Waals surface area contributed by atoms with Crippen LogP contribution in [0.3, 0.4) is 0 Å². The average molecular weight is 258 g/mol. The molecule has 1 aromatic heterocycles. The summed E-state index contributed by atoms with van der Waals surface area (Å²) in [7, 11) is 0. The second kappa shape index (κ2) is 5.59. The maximum absolute atomic E-state index is 11.4. The third kappa shape index (κ3) is 2.71. The number of rotatable bonds is 5. The third-order valence-corrected chi connectivity index (χ3v) is 4.61. The SMILES string of the molecule is CCC(C)Nc1sc(C(C)=O)c(N)c1SC. The number of ketones is 1. The minimum Gasteiger partial charge on any atom is -0.396 e. The van der Waals surface area contributed by atoms with Crippen molar-refractivity contribution in [2.75, 3.05) is 17.3 Å². The predicted octanol–water partition coefficient (Wildman–Crippen LogP) is 3.47. The Bertz CT molecular complexity index is 388. The molecule has 0 aromatic carbocycles. The molecule has 0 spiro atoms. The first kappa shape index (κ1) is 13.4. The highest BCUT2D eigenvalue weighted by Gasteiger charge is 2.18. The van der Waals surface area contributed by atoms with Crippen LogP contribution >= 0.6 is 23.1 Å². The summed E-state index contributed by atoms with van der Waals surface area (Å²) in [5, 5.41) is 4.41. The highest BCUT2D eigenvalue weighted by Crippen LogP contribution is 2.42. The zero-order valence-corrected chi connectivity index (χ0v) is 11.7. The minimum absolute atomic E-state index is 0.0370. The fourth-order valence-corrected chi connectivity index (χ4v) is 3.34. The van der Waals surface area contributed by atoms with E-state index in [1.54, 1.807) is 18.7 Å². The molecule has 5 heteroatoms. The lowest BCUT2D eigenvalue weighted by atomic mass is 10.2. The van der Waals surface area contributed by atoms with Gasteiger partial charge in [0.1, 0.15) is 5.00 Å². The molecule has 0 saturated heterocycles. The van der Waals surface area contributed by atoms with Gasteiger partial charge in [0.05, 0.1) is 15.5 Å². The van der Waals surface area contributed by atoms with Crippen LogP contribution in [0.5, 0.6) is 0 Å². The largest absolute Gasteiger partial charge is 0.396 e. The van der Waals surface area contributed by atoms with Crippen LogP contribution in [0.1, 0.15) is 36.9 Å². The van der Waals surface area contributed by atoms with Crippen molar-refractivity contribution in [3.05, 3.63) is 4.88 Å². The molecule has 0 aliphatic heterocycles. The Labute approximate surface area is 105 Å². The van der Waals surface area contributed by atoms with E-state index >= 15 is 0 Å². The maximum Gasteiger partial charge on any atom is 0.171 e. The van der Waals surface area contributed by atoms with Gasteiger partial charge >= 0.3 is 0 Å². The number of carbonyl (C=O) groups is 1. The molecular formula is C11H18N2OS2. The number of nitrogens with two attached hydrogens (primary N) is 1. The minimum atomic E-state index is 0.0370. The molecule has 1 rings (SSSR count). The quantitative estimate of drug-likeness (QED) is 0.627. The zero-order chi connectivity index (χ0) is 12.3. The molecule has 1 atom stereocenters. The molecule has 0 saturated carbocycles. The molecule has 0 aliphatic rings. The van der Waals surface area contributed by atoms with Crippen molar-refractivity contribution in [3.8, 4) is 0 Å². The van der Waals surface area contributed by atoms with Gasteiger partial charge in [0.25, 0.3) is 0 Å². The van der Waals surface area contributed by atoms with Gasteiger partial charge in [-0.05, 0) is 19.6 Å². The van der Waals surface area contributed by atoms with Gasteiger partial charge in [-0.25, -0.2) is 0 Å². The van der Waals surface area contributed by atoms with E-state index in [9.17, 15) is 4.79 Å². The van der Waals surface area contributed by atoms with Gasteiger partial charge in [0.2, 0.25) is 0 Å². The second-order valence-electron chi connectivity index (χ2n) is 3.72. The van der Waals surface area contributed by atoms with Crippen molar-refractivity contribution in [2.45, 2.75) is 38.1 Å². The summed E-state index contributed by atoms with van der Waals surface area (Å²) in [6, 6.07) is 0.392. The van der Waals surface area contributed by atoms with Gasteiger partial charge in [-0.15, -0.1) is 23.1 Å². The number of hydrogen-bond donors (Lipinski definition) is 2. The summed E-state index contributed by atoms with van der Waals surface area (Å²) in [4.78, 5) is 13.1. The van der Waals surface area contributed by atoms with Crippen LogP contribution in [0.15, 0.2) is 4.90 Å². The summed E-state index contributed by atoms with van der Waals surface area (Å²) in [5.74, 6) is 0.0370. The Kier molecular flexibility index (Phi) is 4.68. The van der Waals surface area contributed by atoms with Crippen LogP contribution in [0.4, 0.5) is 10.7 Å². The molecule has 90 valence electrons. The summed E-state index contributed by atoms with van der Waals surface area (Å²) in [5.41, 5.74) is 6.58. The molecule has 16 heavy (non-hydrogen) atoms. The van der Waals surface area contributed by atoms with Gasteiger partial charge in [0, 0.05) is 13.0 Å². The number of nitrogens with one attached hydrogen (secondary N) is 1. The van der Waals surface area contributed by atoms with Crippen LogP contribution in [0, 0.1) is 0 Å². The molecule has 0 amide bonds. The number of anilines is 2. The molecule has 1 heterocycles. The lowest BCUT2D eigenvalue weighted by Gasteiger charge is -2.12. The Morgan fingerprint density at radius 2 is 2.25 bits per heavy atom. The Morgan fingerprint density at radius 1 is 1.62 bits per heavy atom. The van der Waals surface area contributed by atoms with E-state index in [1.807, 2.05) is 6.26 Å². The predicted molar refractivity (Wildman–Crippen MR) is 73.9 cm³/mol. The Balaban J connectivity index is 3.08. The van der Waals surface area contributed by atoms with Crippen LogP contribution < -0.4 is 11.1 Å². The number of nitrogen functional groups attached to an aromatic ring is 1. The van der Waals surface area contributed by atoms with Crippen molar-refractivity contribution >= 4 is 39.6 Å². The van der Waals surface area contributed by atoms with E-state index in [4.69, 9.17) is 5.73 Å². The van der Waals surface area contributed by atoms with Crippen molar-refractivity contribution < 1.29 is 4.79 Å². The smallest absolute Gasteiger partial charge is 0.171 e. The van der Waals surface area contributed by atoms with E-state index in [1.165, 1.54) is 11.3 Å². The normalized spacial score (nSPS) is 12.5. The topological polar surface area (TPSA) is 55.1 Å². The molecule has 3 N–H and O–H groups in total. The summed E-state index contributed by atoms with van der Waals surface area (Å²) in [6.07, 6.45) is 3.02. The van der Waals surface area contributed by atoms with Crippen molar-refractivity contribution in [1.29, 1.82) is 0 Å². The number of thiophene rings is 1. The van der Waals surface area contributed by atoms with E-state index < -0.39 is 0 Å². The number of Topliss-reactive ketones (excluding diaryl/α,β-unsaturated/α-hetero) is 1. The first-order valence-corrected chi connectivity index (χ1v) is 7.29. The number of hydrogen-bond acceptors (Lipinski definition) is 5. The molecule has 0 aliphatic carbocycles. The van der Waals surface area contributed by atoms with Gasteiger partial charge in [-0.1, -0.05) is 6.92 Å². The molecule has 3 nitrogen and oxygen atoms in total. The third-order valence-electron chi connectivity index (χ3n) is 2.41. The molecule has 1 aromatic rings. The summed E-state index contributed by atoms with van der Waals surface area (Å²) in [6.45, 7) is 5.80. The van der Waals surface area contributed by atoms with Crippen molar-refractivity contribution in [3.63, 3.8) is 0 Å². The first-order chi connectivity index (χ1) is 7.51. The van der Waals surface area contributed by atoms with Crippen LogP contribution in [-0.2, 0) is 0 Å². The highest BCUT2D eigenvalue weighted by atomic mass is 32.2.